The first-order valence-electron chi connectivity index (χ1n) is 20.1. The van der Waals surface area contributed by atoms with Crippen LogP contribution in [0.3, 0.4) is 0 Å². The Kier molecular flexibility index (Phi) is 22.8. The summed E-state index contributed by atoms with van der Waals surface area (Å²) in [4.78, 5) is 125. The lowest BCUT2D eigenvalue weighted by molar-refractivity contribution is -0.143. The predicted octanol–water partition coefficient (Wildman–Crippen LogP) is -2.13. The molecule has 0 aromatic heterocycles. The van der Waals surface area contributed by atoms with Gasteiger partial charge in [0.1, 0.15) is 30.2 Å². The second-order valence-corrected chi connectivity index (χ2v) is 15.9. The van der Waals surface area contributed by atoms with Gasteiger partial charge in [0.25, 0.3) is 0 Å². The summed E-state index contributed by atoms with van der Waals surface area (Å²) >= 11 is 0. The molecule has 0 heterocycles. The standard InChI is InChI=1S/C40H62N8O14/c1-19(2)14-26(45-38(59)27(18-30(42)50)46-39(60)33(20(3)4)48-36(57)24(41)17-32(53)54)29(49)15-21(5)34(55)43-22(6)35(56)44-25(12-13-31(51)52)37(58)47-28(40(61)62)16-23-10-8-7-9-11-23/h7-11,19-22,24-29,33,49H,12-18,41H2,1-6H3,(H2,42,50)(H,43,55)(H,44,56)(H,45,59)(H,46,60)(H,47,58)(H,48,57)(H,51,52)(H,53,54)(H,61,62)/t21-,22+,24+,25+,26+,27+,28+,29?,33+/m1/s1. The van der Waals surface area contributed by atoms with E-state index in [1.165, 1.54) is 13.8 Å². The molecule has 1 aromatic carbocycles. The number of hydrogen-bond acceptors (Lipinski definition) is 12. The van der Waals surface area contributed by atoms with Crippen LogP contribution >= 0.6 is 0 Å². The fourth-order valence-corrected chi connectivity index (χ4v) is 6.06. The zero-order valence-corrected chi connectivity index (χ0v) is 35.7. The maximum Gasteiger partial charge on any atom is 0.326 e. The third-order valence-electron chi connectivity index (χ3n) is 9.51. The first kappa shape index (κ1) is 53.9. The number of carbonyl (C=O) groups excluding carboxylic acids is 7. The second-order valence-electron chi connectivity index (χ2n) is 15.9. The van der Waals surface area contributed by atoms with E-state index in [1.807, 2.05) is 0 Å². The van der Waals surface area contributed by atoms with Crippen molar-refractivity contribution in [3.63, 3.8) is 0 Å². The fraction of sp³-hybridized carbons (Fsp3) is 0.600. The van der Waals surface area contributed by atoms with E-state index in [9.17, 15) is 63.3 Å². The number of rotatable bonds is 28. The Labute approximate surface area is 359 Å². The van der Waals surface area contributed by atoms with Gasteiger partial charge in [0.05, 0.1) is 31.0 Å². The Bertz CT molecular complexity index is 1740. The van der Waals surface area contributed by atoms with E-state index in [1.54, 1.807) is 58.0 Å². The Hall–Kier alpha value is -6.16. The number of aliphatic hydroxyl groups is 1. The maximum atomic E-state index is 13.6. The van der Waals surface area contributed by atoms with Crippen molar-refractivity contribution < 1.29 is 68.4 Å². The van der Waals surface area contributed by atoms with Gasteiger partial charge in [-0.1, -0.05) is 65.0 Å². The third kappa shape index (κ3) is 19.9. The lowest BCUT2D eigenvalue weighted by Crippen LogP contribution is -2.59. The molecule has 0 aliphatic heterocycles. The molecular weight excluding hydrogens is 816 g/mol. The number of hydrogen-bond donors (Lipinski definition) is 12. The molecule has 0 bridgehead atoms. The summed E-state index contributed by atoms with van der Waals surface area (Å²) in [5.74, 6) is -12.1. The lowest BCUT2D eigenvalue weighted by Gasteiger charge is -2.30. The van der Waals surface area contributed by atoms with Crippen LogP contribution in [0.1, 0.15) is 85.6 Å². The molecule has 346 valence electrons. The van der Waals surface area contributed by atoms with Crippen LogP contribution < -0.4 is 43.4 Å². The first-order valence-corrected chi connectivity index (χ1v) is 20.1. The van der Waals surface area contributed by atoms with Gasteiger partial charge >= 0.3 is 17.9 Å². The number of benzene rings is 1. The highest BCUT2D eigenvalue weighted by atomic mass is 16.4. The lowest BCUT2D eigenvalue weighted by atomic mass is 9.92. The number of aliphatic carboxylic acids is 3. The smallest absolute Gasteiger partial charge is 0.326 e. The average molecular weight is 879 g/mol. The van der Waals surface area contributed by atoms with Crippen molar-refractivity contribution >= 4 is 59.3 Å². The number of carboxylic acids is 3. The van der Waals surface area contributed by atoms with Crippen LogP contribution in [0, 0.1) is 17.8 Å². The largest absolute Gasteiger partial charge is 0.481 e. The van der Waals surface area contributed by atoms with Gasteiger partial charge in [0, 0.05) is 18.8 Å². The van der Waals surface area contributed by atoms with E-state index in [0.29, 0.717) is 5.56 Å². The molecule has 9 atom stereocenters. The molecule has 22 heteroatoms. The topological polar surface area (TPSA) is 376 Å². The van der Waals surface area contributed by atoms with Gasteiger partial charge in [-0.25, -0.2) is 4.79 Å². The molecule has 1 unspecified atom stereocenters. The van der Waals surface area contributed by atoms with E-state index in [-0.39, 0.29) is 25.2 Å². The third-order valence-corrected chi connectivity index (χ3v) is 9.51. The van der Waals surface area contributed by atoms with Gasteiger partial charge in [0.2, 0.25) is 41.4 Å². The number of aliphatic hydroxyl groups excluding tert-OH is 1. The van der Waals surface area contributed by atoms with E-state index >= 15 is 0 Å². The minimum atomic E-state index is -1.59. The SMILES string of the molecule is CC(C)C[C@H](NC(=O)[C@H](CC(N)=O)NC(=O)[C@@H](NC(=O)[C@@H](N)CC(=O)O)C(C)C)C(O)C[C@@H](C)C(=O)N[C@@H](C)C(=O)N[C@@H](CCC(=O)O)C(=O)N[C@@H](Cc1ccccc1)C(=O)O. The van der Waals surface area contributed by atoms with Crippen LogP contribution in [0.5, 0.6) is 0 Å². The number of carboxylic acid groups (broad SMARTS) is 3. The number of carbonyl (C=O) groups is 10. The molecule has 0 saturated heterocycles. The van der Waals surface area contributed by atoms with Crippen LogP contribution in [0.25, 0.3) is 0 Å². The molecule has 22 nitrogen and oxygen atoms in total. The van der Waals surface area contributed by atoms with Crippen molar-refractivity contribution in [3.8, 4) is 0 Å². The van der Waals surface area contributed by atoms with E-state index < -0.39 is 145 Å². The zero-order chi connectivity index (χ0) is 47.4. The average Bonchev–Trinajstić information content (AvgIpc) is 3.16. The summed E-state index contributed by atoms with van der Waals surface area (Å²) in [5, 5.41) is 53.7. The van der Waals surface area contributed by atoms with Crippen LogP contribution in [0.4, 0.5) is 0 Å². The summed E-state index contributed by atoms with van der Waals surface area (Å²) in [6, 6.07) is -1.25. The first-order chi connectivity index (χ1) is 28.8. The maximum absolute atomic E-state index is 13.6. The summed E-state index contributed by atoms with van der Waals surface area (Å²) in [7, 11) is 0. The molecule has 14 N–H and O–H groups in total. The Morgan fingerprint density at radius 3 is 1.69 bits per heavy atom. The molecule has 1 aromatic rings. The van der Waals surface area contributed by atoms with Gasteiger partial charge in [-0.3, -0.25) is 43.2 Å². The predicted molar refractivity (Wildman–Crippen MR) is 220 cm³/mol. The van der Waals surface area contributed by atoms with E-state index in [2.05, 4.69) is 31.9 Å². The van der Waals surface area contributed by atoms with Gasteiger partial charge < -0.3 is 63.8 Å². The molecule has 0 fully saturated rings. The normalized spacial score (nSPS) is 15.5. The summed E-state index contributed by atoms with van der Waals surface area (Å²) in [6.07, 6.45) is -4.00. The molecule has 0 saturated carbocycles. The Balaban J connectivity index is 3.07. The molecule has 62 heavy (non-hydrogen) atoms. The van der Waals surface area contributed by atoms with Crippen LogP contribution in [0.15, 0.2) is 30.3 Å². The van der Waals surface area contributed by atoms with Crippen molar-refractivity contribution in [2.24, 2.45) is 29.2 Å². The van der Waals surface area contributed by atoms with Gasteiger partial charge in [-0.15, -0.1) is 0 Å². The van der Waals surface area contributed by atoms with Crippen LogP contribution in [-0.4, -0.2) is 128 Å². The fourth-order valence-electron chi connectivity index (χ4n) is 6.06. The Morgan fingerprint density at radius 2 is 1.18 bits per heavy atom. The van der Waals surface area contributed by atoms with Crippen molar-refractivity contribution in [1.82, 2.24) is 31.9 Å². The second kappa shape index (κ2) is 26.2. The number of primary amides is 1. The van der Waals surface area contributed by atoms with Crippen LogP contribution in [0.2, 0.25) is 0 Å². The molecule has 7 amide bonds. The minimum absolute atomic E-state index is 0.0989. The molecule has 0 spiro atoms. The quantitative estimate of drug-likeness (QED) is 0.0428. The van der Waals surface area contributed by atoms with Gasteiger partial charge in [-0.05, 0) is 43.6 Å². The summed E-state index contributed by atoms with van der Waals surface area (Å²) in [5.41, 5.74) is 11.6. The zero-order valence-electron chi connectivity index (χ0n) is 35.7. The Morgan fingerprint density at radius 1 is 0.613 bits per heavy atom. The van der Waals surface area contributed by atoms with Crippen molar-refractivity contribution in [3.05, 3.63) is 35.9 Å². The van der Waals surface area contributed by atoms with Crippen molar-refractivity contribution in [2.45, 2.75) is 135 Å². The molecular formula is C40H62N8O14. The minimum Gasteiger partial charge on any atom is -0.481 e. The summed E-state index contributed by atoms with van der Waals surface area (Å²) in [6.45, 7) is 9.39. The summed E-state index contributed by atoms with van der Waals surface area (Å²) < 4.78 is 0. The molecule has 0 radical (unpaired) electrons. The molecule has 1 rings (SSSR count). The highest BCUT2D eigenvalue weighted by Gasteiger charge is 2.35. The van der Waals surface area contributed by atoms with E-state index in [4.69, 9.17) is 16.6 Å². The number of nitrogens with two attached hydrogens (primary N) is 2. The highest BCUT2D eigenvalue weighted by molar-refractivity contribution is 5.96. The highest BCUT2D eigenvalue weighted by Crippen LogP contribution is 2.17. The molecule has 0 aliphatic rings. The monoisotopic (exact) mass is 878 g/mol. The van der Waals surface area contributed by atoms with E-state index in [0.717, 1.165) is 0 Å². The van der Waals surface area contributed by atoms with Crippen molar-refractivity contribution in [1.29, 1.82) is 0 Å². The van der Waals surface area contributed by atoms with Gasteiger partial charge in [-0.2, -0.15) is 0 Å². The number of nitrogens with one attached hydrogen (secondary N) is 6. The van der Waals surface area contributed by atoms with Crippen molar-refractivity contribution in [2.75, 3.05) is 0 Å². The van der Waals surface area contributed by atoms with Crippen LogP contribution in [-0.2, 0) is 54.4 Å². The number of amides is 7. The molecule has 0 aliphatic carbocycles. The van der Waals surface area contributed by atoms with Gasteiger partial charge in [0.15, 0.2) is 0 Å².